The lowest BCUT2D eigenvalue weighted by Gasteiger charge is -2.39. The average molecular weight is 632 g/mol. The first-order valence-electron chi connectivity index (χ1n) is 13.4. The number of aliphatic hydroxyl groups is 1. The van der Waals surface area contributed by atoms with Crippen molar-refractivity contribution >= 4 is 58.4 Å². The summed E-state index contributed by atoms with van der Waals surface area (Å²) in [4.78, 5) is 21.6. The molecule has 1 aliphatic carbocycles. The van der Waals surface area contributed by atoms with Crippen LogP contribution in [0.25, 0.3) is 5.57 Å². The third kappa shape index (κ3) is 6.34. The van der Waals surface area contributed by atoms with Crippen molar-refractivity contribution in [2.75, 3.05) is 25.0 Å². The lowest BCUT2D eigenvalue weighted by atomic mass is 9.84. The number of benzene rings is 1. The van der Waals surface area contributed by atoms with Gasteiger partial charge in [0.05, 0.1) is 26.8 Å². The lowest BCUT2D eigenvalue weighted by molar-refractivity contribution is 0.0117. The summed E-state index contributed by atoms with van der Waals surface area (Å²) in [6.07, 6.45) is 5.70. The summed E-state index contributed by atoms with van der Waals surface area (Å²) in [7, 11) is 1.60. The topological polar surface area (TPSA) is 121 Å². The number of ether oxygens (including phenoxy) is 1. The molecule has 0 bridgehead atoms. The summed E-state index contributed by atoms with van der Waals surface area (Å²) in [6, 6.07) is 8.20. The molecule has 0 spiro atoms. The second-order valence-electron chi connectivity index (χ2n) is 10.3. The van der Waals surface area contributed by atoms with Gasteiger partial charge in [-0.1, -0.05) is 52.6 Å². The fraction of sp³-hybridized carbons (Fsp3) is 0.333. The molecule has 2 fully saturated rings. The van der Waals surface area contributed by atoms with Crippen molar-refractivity contribution in [3.05, 3.63) is 86.3 Å². The van der Waals surface area contributed by atoms with E-state index >= 15 is 0 Å². The number of aromatic carboxylic acids is 1. The first-order chi connectivity index (χ1) is 20.1. The number of rotatable bonds is 10. The van der Waals surface area contributed by atoms with Gasteiger partial charge in [-0.25, -0.2) is 9.78 Å². The van der Waals surface area contributed by atoms with Crippen molar-refractivity contribution < 1.29 is 24.3 Å². The molecule has 2 aromatic heterocycles. The fourth-order valence-corrected chi connectivity index (χ4v) is 5.98. The molecule has 0 atom stereocenters. The van der Waals surface area contributed by atoms with Crippen LogP contribution in [-0.4, -0.2) is 52.7 Å². The zero-order valence-corrected chi connectivity index (χ0v) is 25.1. The zero-order chi connectivity index (χ0) is 30.0. The number of carbonyl (C=O) groups is 1. The van der Waals surface area contributed by atoms with Gasteiger partial charge in [-0.2, -0.15) is 0 Å². The van der Waals surface area contributed by atoms with Gasteiger partial charge < -0.3 is 24.4 Å². The monoisotopic (exact) mass is 630 g/mol. The summed E-state index contributed by atoms with van der Waals surface area (Å²) >= 11 is 19.4. The van der Waals surface area contributed by atoms with Gasteiger partial charge in [0.15, 0.2) is 0 Å². The number of hydrogen-bond acceptors (Lipinski definition) is 8. The third-order valence-electron chi connectivity index (χ3n) is 7.49. The van der Waals surface area contributed by atoms with E-state index in [4.69, 9.17) is 44.1 Å². The Bertz CT molecular complexity index is 1570. The highest BCUT2D eigenvalue weighted by Gasteiger charge is 2.37. The van der Waals surface area contributed by atoms with Crippen molar-refractivity contribution in [1.82, 2.24) is 10.1 Å². The molecule has 0 unspecified atom stereocenters. The minimum Gasteiger partial charge on any atom is -0.489 e. The zero-order valence-electron chi connectivity index (χ0n) is 22.8. The van der Waals surface area contributed by atoms with E-state index < -0.39 is 11.6 Å². The highest BCUT2D eigenvalue weighted by atomic mass is 35.5. The Morgan fingerprint density at radius 1 is 1.26 bits per heavy atom. The summed E-state index contributed by atoms with van der Waals surface area (Å²) in [5.74, 6) is 1.03. The largest absolute Gasteiger partial charge is 0.489 e. The molecular formula is C30H29Cl3N4O5. The molecule has 1 aliphatic heterocycles. The molecule has 0 radical (unpaired) electrons. The molecule has 5 rings (SSSR count). The van der Waals surface area contributed by atoms with Crippen LogP contribution in [0.1, 0.15) is 64.5 Å². The van der Waals surface area contributed by atoms with E-state index in [1.54, 1.807) is 25.2 Å². The van der Waals surface area contributed by atoms with Crippen molar-refractivity contribution in [2.45, 2.75) is 43.8 Å². The Morgan fingerprint density at radius 2 is 2.00 bits per heavy atom. The second kappa shape index (κ2) is 12.5. The van der Waals surface area contributed by atoms with Crippen LogP contribution >= 0.6 is 34.8 Å². The maximum atomic E-state index is 11.5. The lowest BCUT2D eigenvalue weighted by Crippen LogP contribution is -2.43. The standard InChI is InChI=1S/C30H29Cl3N4O5/c1-17(31)26(24(33)15-34-2)27-21(28(42-36-27)18-3-4-18)16-41-20-5-6-22(23(32)14-20)30(40)8-11-37(12-9-30)25-13-19(29(38)39)7-10-35-25/h5-7,10,13-15,18,40H,1,3-4,8-9,11-12,16H2,2H3,(H,38,39)/b26-24-,34-15?. The van der Waals surface area contributed by atoms with Crippen LogP contribution in [0.3, 0.4) is 0 Å². The summed E-state index contributed by atoms with van der Waals surface area (Å²) in [5.41, 5.74) is 1.21. The van der Waals surface area contributed by atoms with Crippen LogP contribution < -0.4 is 9.64 Å². The highest BCUT2D eigenvalue weighted by Crippen LogP contribution is 2.45. The molecule has 3 aromatic rings. The molecule has 3 heterocycles. The number of carboxylic acid groups (broad SMARTS) is 1. The molecular weight excluding hydrogens is 603 g/mol. The Morgan fingerprint density at radius 3 is 2.62 bits per heavy atom. The predicted octanol–water partition coefficient (Wildman–Crippen LogP) is 6.77. The van der Waals surface area contributed by atoms with E-state index in [1.165, 1.54) is 24.5 Å². The maximum absolute atomic E-state index is 11.5. The molecule has 2 aliphatic rings. The molecule has 1 aromatic carbocycles. The first-order valence-corrected chi connectivity index (χ1v) is 14.5. The van der Waals surface area contributed by atoms with Crippen LogP contribution in [0, 0.1) is 0 Å². The van der Waals surface area contributed by atoms with Crippen molar-refractivity contribution in [3.8, 4) is 5.75 Å². The van der Waals surface area contributed by atoms with Gasteiger partial charge in [0.25, 0.3) is 0 Å². The Balaban J connectivity index is 1.32. The molecule has 1 saturated carbocycles. The van der Waals surface area contributed by atoms with E-state index in [1.807, 2.05) is 4.90 Å². The van der Waals surface area contributed by atoms with E-state index in [0.717, 1.165) is 24.2 Å². The number of halogens is 3. The van der Waals surface area contributed by atoms with E-state index in [-0.39, 0.29) is 28.2 Å². The predicted molar refractivity (Wildman–Crippen MR) is 163 cm³/mol. The van der Waals surface area contributed by atoms with E-state index in [0.29, 0.717) is 59.4 Å². The third-order valence-corrected chi connectivity index (χ3v) is 8.28. The van der Waals surface area contributed by atoms with Crippen LogP contribution in [0.4, 0.5) is 5.82 Å². The van der Waals surface area contributed by atoms with Crippen LogP contribution in [0.5, 0.6) is 5.75 Å². The minimum absolute atomic E-state index is 0.128. The highest BCUT2D eigenvalue weighted by molar-refractivity contribution is 6.47. The van der Waals surface area contributed by atoms with Gasteiger partial charge in [0, 0.05) is 54.6 Å². The molecule has 42 heavy (non-hydrogen) atoms. The summed E-state index contributed by atoms with van der Waals surface area (Å²) in [6.45, 7) is 4.93. The number of carboxylic acids is 1. The van der Waals surface area contributed by atoms with Gasteiger partial charge in [-0.05, 0) is 49.9 Å². The van der Waals surface area contributed by atoms with Gasteiger partial charge in [0.1, 0.15) is 29.6 Å². The molecule has 0 amide bonds. The quantitative estimate of drug-likeness (QED) is 0.186. The van der Waals surface area contributed by atoms with E-state index in [2.05, 4.69) is 21.7 Å². The summed E-state index contributed by atoms with van der Waals surface area (Å²) in [5, 5.41) is 25.9. The smallest absolute Gasteiger partial charge is 0.335 e. The van der Waals surface area contributed by atoms with Gasteiger partial charge in [-0.3, -0.25) is 4.99 Å². The molecule has 2 N–H and O–H groups in total. The van der Waals surface area contributed by atoms with Gasteiger partial charge in [0.2, 0.25) is 0 Å². The van der Waals surface area contributed by atoms with Crippen molar-refractivity contribution in [2.24, 2.45) is 4.99 Å². The SMILES string of the molecule is C=C(Cl)/C(=C(/Cl)C=NC)c1noc(C2CC2)c1COc1ccc(C2(O)CCN(c3cc(C(=O)O)ccn3)CC2)c(Cl)c1. The molecule has 12 heteroatoms. The number of piperidine rings is 1. The Hall–Kier alpha value is -3.37. The average Bonchev–Trinajstić information content (AvgIpc) is 3.72. The normalized spacial score (nSPS) is 17.3. The van der Waals surface area contributed by atoms with Crippen LogP contribution in [0.15, 0.2) is 62.7 Å². The number of nitrogens with zero attached hydrogens (tertiary/aromatic N) is 4. The number of allylic oxidation sites excluding steroid dienone is 3. The minimum atomic E-state index is -1.16. The number of hydrogen-bond donors (Lipinski definition) is 2. The van der Waals surface area contributed by atoms with Crippen molar-refractivity contribution in [1.29, 1.82) is 0 Å². The van der Waals surface area contributed by atoms with Gasteiger partial charge in [-0.15, -0.1) is 0 Å². The van der Waals surface area contributed by atoms with Crippen molar-refractivity contribution in [3.63, 3.8) is 0 Å². The van der Waals surface area contributed by atoms with Crippen LogP contribution in [0.2, 0.25) is 5.02 Å². The molecule has 1 saturated heterocycles. The number of pyridine rings is 1. The number of aliphatic imine (C=N–C) groups is 1. The molecule has 9 nitrogen and oxygen atoms in total. The van der Waals surface area contributed by atoms with Crippen LogP contribution in [-0.2, 0) is 12.2 Å². The first kappa shape index (κ1) is 30.1. The fourth-order valence-electron chi connectivity index (χ4n) is 5.09. The van der Waals surface area contributed by atoms with Gasteiger partial charge >= 0.3 is 5.97 Å². The number of anilines is 1. The Kier molecular flexibility index (Phi) is 8.94. The molecule has 220 valence electrons. The van der Waals surface area contributed by atoms with E-state index in [9.17, 15) is 15.0 Å². The summed E-state index contributed by atoms with van der Waals surface area (Å²) < 4.78 is 11.8. The maximum Gasteiger partial charge on any atom is 0.335 e. The second-order valence-corrected chi connectivity index (χ2v) is 11.6. The Labute approximate surface area is 258 Å². The number of aromatic nitrogens is 2.